The Morgan fingerprint density at radius 3 is 2.91 bits per heavy atom. The van der Waals surface area contributed by atoms with Crippen LogP contribution >= 0.6 is 11.6 Å². The van der Waals surface area contributed by atoms with Crippen molar-refractivity contribution in [3.05, 3.63) is 17.5 Å². The molecule has 0 aliphatic carbocycles. The molecule has 6 nitrogen and oxygen atoms in total. The van der Waals surface area contributed by atoms with Gasteiger partial charge in [-0.25, -0.2) is 14.8 Å². The lowest BCUT2D eigenvalue weighted by molar-refractivity contribution is 0.0289. The molecule has 8 heteroatoms. The average molecular weight is 346 g/mol. The summed E-state index contributed by atoms with van der Waals surface area (Å²) < 4.78 is 17.6. The first kappa shape index (κ1) is 17.1. The van der Waals surface area contributed by atoms with Gasteiger partial charge in [-0.05, 0) is 50.8 Å². The van der Waals surface area contributed by atoms with Crippen LogP contribution in [0.5, 0.6) is 0 Å². The third kappa shape index (κ3) is 4.91. The molecule has 1 amide bonds. The SMILES string of the molecule is CC(C)(C)OC(=O)N1CC[C@@H](C[S@@](=O)c2ccnc(Cl)n2)C1. The predicted molar refractivity (Wildman–Crippen MR) is 84.2 cm³/mol. The molecule has 0 unspecified atom stereocenters. The van der Waals surface area contributed by atoms with Crippen LogP contribution in [0.1, 0.15) is 27.2 Å². The first-order valence-electron chi connectivity index (χ1n) is 7.09. The van der Waals surface area contributed by atoms with Gasteiger partial charge in [0.15, 0.2) is 0 Å². The van der Waals surface area contributed by atoms with E-state index in [-0.39, 0.29) is 17.3 Å². The van der Waals surface area contributed by atoms with Crippen LogP contribution < -0.4 is 0 Å². The van der Waals surface area contributed by atoms with E-state index >= 15 is 0 Å². The molecule has 0 aromatic carbocycles. The minimum Gasteiger partial charge on any atom is -0.444 e. The van der Waals surface area contributed by atoms with E-state index in [9.17, 15) is 9.00 Å². The summed E-state index contributed by atoms with van der Waals surface area (Å²) >= 11 is 5.71. The van der Waals surface area contributed by atoms with Gasteiger partial charge in [-0.15, -0.1) is 0 Å². The summed E-state index contributed by atoms with van der Waals surface area (Å²) in [6.45, 7) is 6.70. The number of halogens is 1. The zero-order chi connectivity index (χ0) is 16.3. The number of hydrogen-bond acceptors (Lipinski definition) is 5. The van der Waals surface area contributed by atoms with E-state index in [1.165, 1.54) is 6.20 Å². The number of carbonyl (C=O) groups excluding carboxylic acids is 1. The van der Waals surface area contributed by atoms with Crippen molar-refractivity contribution < 1.29 is 13.7 Å². The van der Waals surface area contributed by atoms with Crippen molar-refractivity contribution in [2.24, 2.45) is 5.92 Å². The Balaban J connectivity index is 1.88. The molecular formula is C14H20ClN3O3S. The van der Waals surface area contributed by atoms with Crippen LogP contribution in [0.15, 0.2) is 17.3 Å². The Morgan fingerprint density at radius 1 is 1.55 bits per heavy atom. The molecule has 122 valence electrons. The minimum absolute atomic E-state index is 0.0904. The standard InChI is InChI=1S/C14H20ClN3O3S/c1-14(2,3)21-13(19)18-7-5-10(8-18)9-22(20)11-4-6-16-12(15)17-11/h4,6,10H,5,7-9H2,1-3H3/t10-,22-/m1/s1. The molecule has 2 rings (SSSR count). The number of likely N-dealkylation sites (tertiary alicyclic amines) is 1. The molecule has 2 atom stereocenters. The van der Waals surface area contributed by atoms with Crippen molar-refractivity contribution in [1.82, 2.24) is 14.9 Å². The highest BCUT2D eigenvalue weighted by atomic mass is 35.5. The highest BCUT2D eigenvalue weighted by molar-refractivity contribution is 7.84. The molecule has 1 aromatic heterocycles. The maximum Gasteiger partial charge on any atom is 0.410 e. The second kappa shape index (κ2) is 6.91. The first-order chi connectivity index (χ1) is 10.2. The Morgan fingerprint density at radius 2 is 2.27 bits per heavy atom. The molecule has 0 saturated carbocycles. The molecule has 2 heterocycles. The van der Waals surface area contributed by atoms with Gasteiger partial charge in [-0.2, -0.15) is 0 Å². The zero-order valence-corrected chi connectivity index (χ0v) is 14.5. The highest BCUT2D eigenvalue weighted by Gasteiger charge is 2.30. The molecule has 1 aliphatic rings. The second-order valence-corrected chi connectivity index (χ2v) is 8.04. The summed E-state index contributed by atoms with van der Waals surface area (Å²) in [4.78, 5) is 21.4. The Hall–Kier alpha value is -1.21. The number of rotatable bonds is 3. The number of nitrogens with zero attached hydrogens (tertiary/aromatic N) is 3. The van der Waals surface area contributed by atoms with E-state index < -0.39 is 16.4 Å². The molecule has 1 saturated heterocycles. The van der Waals surface area contributed by atoms with E-state index in [4.69, 9.17) is 16.3 Å². The van der Waals surface area contributed by atoms with Gasteiger partial charge in [-0.3, -0.25) is 4.21 Å². The quantitative estimate of drug-likeness (QED) is 0.621. The van der Waals surface area contributed by atoms with Crippen molar-refractivity contribution >= 4 is 28.5 Å². The third-order valence-corrected chi connectivity index (χ3v) is 4.81. The normalized spacial score (nSPS) is 20.0. The van der Waals surface area contributed by atoms with Crippen LogP contribution in [0.25, 0.3) is 0 Å². The van der Waals surface area contributed by atoms with E-state index in [0.717, 1.165) is 6.42 Å². The molecule has 1 fully saturated rings. The maximum atomic E-state index is 12.3. The molecule has 1 aliphatic heterocycles. The molecule has 0 radical (unpaired) electrons. The van der Waals surface area contributed by atoms with Crippen molar-refractivity contribution in [3.63, 3.8) is 0 Å². The van der Waals surface area contributed by atoms with Gasteiger partial charge in [0.05, 0.1) is 10.8 Å². The summed E-state index contributed by atoms with van der Waals surface area (Å²) in [6.07, 6.45) is 1.99. The van der Waals surface area contributed by atoms with Gasteiger partial charge >= 0.3 is 6.09 Å². The third-order valence-electron chi connectivity index (χ3n) is 3.16. The average Bonchev–Trinajstić information content (AvgIpc) is 2.85. The van der Waals surface area contributed by atoms with Crippen LogP contribution in [0.2, 0.25) is 5.28 Å². The van der Waals surface area contributed by atoms with E-state index in [1.54, 1.807) is 11.0 Å². The van der Waals surface area contributed by atoms with Crippen molar-refractivity contribution in [2.75, 3.05) is 18.8 Å². The molecular weight excluding hydrogens is 326 g/mol. The number of hydrogen-bond donors (Lipinski definition) is 0. The maximum absolute atomic E-state index is 12.3. The second-order valence-electron chi connectivity index (χ2n) is 6.26. The summed E-state index contributed by atoms with van der Waals surface area (Å²) in [5, 5.41) is 0.517. The van der Waals surface area contributed by atoms with Crippen LogP contribution in [0.3, 0.4) is 0 Å². The Labute approximate surface area is 137 Å². The van der Waals surface area contributed by atoms with E-state index in [2.05, 4.69) is 9.97 Å². The first-order valence-corrected chi connectivity index (χ1v) is 8.79. The van der Waals surface area contributed by atoms with Gasteiger partial charge < -0.3 is 9.64 Å². The summed E-state index contributed by atoms with van der Waals surface area (Å²) in [7, 11) is -1.25. The largest absolute Gasteiger partial charge is 0.444 e. The lowest BCUT2D eigenvalue weighted by Crippen LogP contribution is -2.35. The number of amides is 1. The number of aromatic nitrogens is 2. The summed E-state index contributed by atoms with van der Waals surface area (Å²) in [5.74, 6) is 0.620. The van der Waals surface area contributed by atoms with Gasteiger partial charge in [-0.1, -0.05) is 0 Å². The highest BCUT2D eigenvalue weighted by Crippen LogP contribution is 2.21. The van der Waals surface area contributed by atoms with Gasteiger partial charge in [0, 0.05) is 25.0 Å². The van der Waals surface area contributed by atoms with Crippen LogP contribution in [-0.2, 0) is 15.5 Å². The molecule has 0 N–H and O–H groups in total. The fourth-order valence-corrected chi connectivity index (χ4v) is 3.68. The Bertz CT molecular complexity index is 577. The van der Waals surface area contributed by atoms with Crippen molar-refractivity contribution in [2.45, 2.75) is 37.8 Å². The number of ether oxygens (including phenoxy) is 1. The van der Waals surface area contributed by atoms with Gasteiger partial charge in [0.2, 0.25) is 5.28 Å². The van der Waals surface area contributed by atoms with Crippen molar-refractivity contribution in [1.29, 1.82) is 0 Å². The van der Waals surface area contributed by atoms with Gasteiger partial charge in [0.1, 0.15) is 10.6 Å². The van der Waals surface area contributed by atoms with E-state index in [1.807, 2.05) is 20.8 Å². The molecule has 0 spiro atoms. The molecule has 22 heavy (non-hydrogen) atoms. The topological polar surface area (TPSA) is 72.4 Å². The molecule has 1 aromatic rings. The molecule has 0 bridgehead atoms. The lowest BCUT2D eigenvalue weighted by Gasteiger charge is -2.24. The number of carbonyl (C=O) groups is 1. The summed E-state index contributed by atoms with van der Waals surface area (Å²) in [5.41, 5.74) is -0.504. The van der Waals surface area contributed by atoms with Crippen LogP contribution in [0, 0.1) is 5.92 Å². The van der Waals surface area contributed by atoms with Crippen LogP contribution in [-0.4, -0.2) is 49.6 Å². The smallest absolute Gasteiger partial charge is 0.410 e. The monoisotopic (exact) mass is 345 g/mol. The summed E-state index contributed by atoms with van der Waals surface area (Å²) in [6, 6.07) is 1.60. The van der Waals surface area contributed by atoms with Crippen molar-refractivity contribution in [3.8, 4) is 0 Å². The predicted octanol–water partition coefficient (Wildman–Crippen LogP) is 2.49. The van der Waals surface area contributed by atoms with Gasteiger partial charge in [0.25, 0.3) is 0 Å². The van der Waals surface area contributed by atoms with E-state index in [0.29, 0.717) is 23.9 Å². The zero-order valence-electron chi connectivity index (χ0n) is 12.9. The fourth-order valence-electron chi connectivity index (χ4n) is 2.21. The Kier molecular flexibility index (Phi) is 5.39. The lowest BCUT2D eigenvalue weighted by atomic mass is 10.2. The minimum atomic E-state index is -1.25. The van der Waals surface area contributed by atoms with Crippen LogP contribution in [0.4, 0.5) is 4.79 Å². The fraction of sp³-hybridized carbons (Fsp3) is 0.643.